The molecular formula is C18H24N2O2S. The van der Waals surface area contributed by atoms with Gasteiger partial charge in [0.2, 0.25) is 5.88 Å². The lowest BCUT2D eigenvalue weighted by atomic mass is 10.1. The van der Waals surface area contributed by atoms with Crippen molar-refractivity contribution < 1.29 is 8.95 Å². The van der Waals surface area contributed by atoms with Crippen LogP contribution in [0.1, 0.15) is 37.9 Å². The number of nitrogens with zero attached hydrogens (tertiary/aromatic N) is 1. The minimum atomic E-state index is -0.938. The minimum absolute atomic E-state index is 0.100. The smallest absolute Gasteiger partial charge is 0.218 e. The molecule has 4 nitrogen and oxygen atoms in total. The van der Waals surface area contributed by atoms with Gasteiger partial charge in [0.15, 0.2) is 0 Å². The van der Waals surface area contributed by atoms with Crippen molar-refractivity contribution in [3.05, 3.63) is 53.7 Å². The fourth-order valence-electron chi connectivity index (χ4n) is 2.22. The summed E-state index contributed by atoms with van der Waals surface area (Å²) in [6, 6.07) is 12.0. The Balaban J connectivity index is 2.01. The molecule has 1 heterocycles. The largest absolute Gasteiger partial charge is 0.475 e. The fraction of sp³-hybridized carbons (Fsp3) is 0.389. The first-order chi connectivity index (χ1) is 11.0. The Morgan fingerprint density at radius 3 is 2.48 bits per heavy atom. The first kappa shape index (κ1) is 17.6. The molecule has 0 aliphatic heterocycles. The van der Waals surface area contributed by atoms with Crippen molar-refractivity contribution >= 4 is 10.8 Å². The van der Waals surface area contributed by atoms with Crippen LogP contribution in [0, 0.1) is 0 Å². The van der Waals surface area contributed by atoms with Crippen LogP contribution >= 0.6 is 0 Å². The van der Waals surface area contributed by atoms with E-state index in [0.29, 0.717) is 12.4 Å². The third-order valence-corrected chi connectivity index (χ3v) is 4.44. The molecule has 1 aromatic heterocycles. The van der Waals surface area contributed by atoms with Crippen LogP contribution in [0.4, 0.5) is 0 Å². The number of hydrogen-bond donors (Lipinski definition) is 1. The van der Waals surface area contributed by atoms with Gasteiger partial charge in [0.25, 0.3) is 0 Å². The summed E-state index contributed by atoms with van der Waals surface area (Å²) < 4.78 is 17.2. The lowest BCUT2D eigenvalue weighted by molar-refractivity contribution is 0.229. The molecule has 124 valence electrons. The molecule has 0 saturated carbocycles. The summed E-state index contributed by atoms with van der Waals surface area (Å²) in [5.74, 6) is 0.680. The monoisotopic (exact) mass is 332 g/mol. The normalized spacial score (nSPS) is 13.8. The van der Waals surface area contributed by atoms with Gasteiger partial charge in [0, 0.05) is 46.3 Å². The summed E-state index contributed by atoms with van der Waals surface area (Å²) in [5.41, 5.74) is 2.20. The highest BCUT2D eigenvalue weighted by Gasteiger charge is 2.10. The number of benzene rings is 1. The summed E-state index contributed by atoms with van der Waals surface area (Å²) in [6.45, 7) is 6.78. The number of hydrogen-bond acceptors (Lipinski definition) is 4. The average molecular weight is 332 g/mol. The topological polar surface area (TPSA) is 51.2 Å². The molecule has 1 aromatic carbocycles. The van der Waals surface area contributed by atoms with Crippen molar-refractivity contribution in [2.45, 2.75) is 44.4 Å². The Morgan fingerprint density at radius 1 is 1.17 bits per heavy atom. The molecule has 0 radical (unpaired) electrons. The summed E-state index contributed by atoms with van der Waals surface area (Å²) in [5, 5.41) is 3.48. The van der Waals surface area contributed by atoms with Crippen molar-refractivity contribution in [3.8, 4) is 5.88 Å². The van der Waals surface area contributed by atoms with Crippen LogP contribution in [-0.2, 0) is 17.3 Å². The van der Waals surface area contributed by atoms with E-state index in [2.05, 4.69) is 17.2 Å². The van der Waals surface area contributed by atoms with Crippen LogP contribution < -0.4 is 10.1 Å². The second kappa shape index (κ2) is 8.22. The molecule has 0 bridgehead atoms. The SMILES string of the molecule is CC(C)Oc1ncccc1CN[C@H](C)c1ccc([S@](C)=O)cc1. The van der Waals surface area contributed by atoms with E-state index in [9.17, 15) is 4.21 Å². The van der Waals surface area contributed by atoms with Crippen molar-refractivity contribution in [1.29, 1.82) is 0 Å². The van der Waals surface area contributed by atoms with E-state index < -0.39 is 10.8 Å². The highest BCUT2D eigenvalue weighted by atomic mass is 32.2. The third kappa shape index (κ3) is 5.15. The number of rotatable bonds is 7. The summed E-state index contributed by atoms with van der Waals surface area (Å²) in [4.78, 5) is 5.15. The van der Waals surface area contributed by atoms with E-state index in [1.807, 2.05) is 50.2 Å². The first-order valence-electron chi connectivity index (χ1n) is 7.74. The van der Waals surface area contributed by atoms with E-state index in [4.69, 9.17) is 4.74 Å². The Morgan fingerprint density at radius 2 is 1.87 bits per heavy atom. The summed E-state index contributed by atoms with van der Waals surface area (Å²) >= 11 is 0. The standard InChI is InChI=1S/C18H24N2O2S/c1-13(2)22-18-16(6-5-11-19-18)12-20-14(3)15-7-9-17(10-8-15)23(4)21/h5-11,13-14,20H,12H2,1-4H3/t14-,23+/m1/s1. The lowest BCUT2D eigenvalue weighted by Gasteiger charge is -2.17. The molecule has 0 amide bonds. The van der Waals surface area contributed by atoms with Crippen LogP contribution in [0.5, 0.6) is 5.88 Å². The average Bonchev–Trinajstić information content (AvgIpc) is 2.53. The maximum Gasteiger partial charge on any atom is 0.218 e. The van der Waals surface area contributed by atoms with E-state index in [0.717, 1.165) is 16.0 Å². The van der Waals surface area contributed by atoms with Gasteiger partial charge in [-0.1, -0.05) is 18.2 Å². The summed E-state index contributed by atoms with van der Waals surface area (Å²) in [7, 11) is -0.938. The van der Waals surface area contributed by atoms with Crippen molar-refractivity contribution in [2.75, 3.05) is 6.26 Å². The molecular weight excluding hydrogens is 308 g/mol. The zero-order valence-electron chi connectivity index (χ0n) is 14.1. The molecule has 5 heteroatoms. The predicted molar refractivity (Wildman–Crippen MR) is 94.0 cm³/mol. The molecule has 0 spiro atoms. The maximum absolute atomic E-state index is 11.4. The maximum atomic E-state index is 11.4. The third-order valence-electron chi connectivity index (χ3n) is 3.51. The van der Waals surface area contributed by atoms with Crippen LogP contribution in [0.15, 0.2) is 47.5 Å². The molecule has 2 rings (SSSR count). The van der Waals surface area contributed by atoms with Gasteiger partial charge < -0.3 is 10.1 Å². The fourth-order valence-corrected chi connectivity index (χ4v) is 2.74. The van der Waals surface area contributed by atoms with Gasteiger partial charge in [-0.15, -0.1) is 0 Å². The van der Waals surface area contributed by atoms with E-state index in [-0.39, 0.29) is 12.1 Å². The lowest BCUT2D eigenvalue weighted by Crippen LogP contribution is -2.19. The molecule has 0 aliphatic carbocycles. The first-order valence-corrected chi connectivity index (χ1v) is 9.30. The van der Waals surface area contributed by atoms with E-state index >= 15 is 0 Å². The molecule has 0 aliphatic rings. The van der Waals surface area contributed by atoms with Gasteiger partial charge in [-0.25, -0.2) is 4.98 Å². The molecule has 0 saturated heterocycles. The quantitative estimate of drug-likeness (QED) is 0.844. The van der Waals surface area contributed by atoms with Gasteiger partial charge in [-0.05, 0) is 44.5 Å². The molecule has 2 aromatic rings. The minimum Gasteiger partial charge on any atom is -0.475 e. The van der Waals surface area contributed by atoms with Crippen LogP contribution in [0.3, 0.4) is 0 Å². The van der Waals surface area contributed by atoms with Gasteiger partial charge in [0.1, 0.15) is 0 Å². The number of ether oxygens (including phenoxy) is 1. The van der Waals surface area contributed by atoms with Crippen molar-refractivity contribution in [2.24, 2.45) is 0 Å². The highest BCUT2D eigenvalue weighted by Crippen LogP contribution is 2.19. The van der Waals surface area contributed by atoms with Gasteiger partial charge in [-0.3, -0.25) is 4.21 Å². The summed E-state index contributed by atoms with van der Waals surface area (Å²) in [6.07, 6.45) is 3.53. The van der Waals surface area contributed by atoms with Crippen LogP contribution in [0.25, 0.3) is 0 Å². The molecule has 0 fully saturated rings. The van der Waals surface area contributed by atoms with E-state index in [1.54, 1.807) is 12.5 Å². The Bertz CT molecular complexity index is 656. The molecule has 23 heavy (non-hydrogen) atoms. The zero-order valence-corrected chi connectivity index (χ0v) is 14.9. The number of aromatic nitrogens is 1. The van der Waals surface area contributed by atoms with Gasteiger partial charge in [-0.2, -0.15) is 0 Å². The Labute approximate surface area is 140 Å². The van der Waals surface area contributed by atoms with Gasteiger partial charge in [0.05, 0.1) is 6.10 Å². The molecule has 1 N–H and O–H groups in total. The van der Waals surface area contributed by atoms with Gasteiger partial charge >= 0.3 is 0 Å². The van der Waals surface area contributed by atoms with Crippen molar-refractivity contribution in [3.63, 3.8) is 0 Å². The number of pyridine rings is 1. The Hall–Kier alpha value is -1.72. The second-order valence-corrected chi connectivity index (χ2v) is 7.14. The zero-order chi connectivity index (χ0) is 16.8. The number of nitrogens with one attached hydrogen (secondary N) is 1. The molecule has 2 atom stereocenters. The van der Waals surface area contributed by atoms with Crippen LogP contribution in [-0.4, -0.2) is 21.6 Å². The Kier molecular flexibility index (Phi) is 6.30. The molecule has 0 unspecified atom stereocenters. The van der Waals surface area contributed by atoms with Crippen molar-refractivity contribution in [1.82, 2.24) is 10.3 Å². The second-order valence-electron chi connectivity index (χ2n) is 5.76. The van der Waals surface area contributed by atoms with E-state index in [1.165, 1.54) is 0 Å². The highest BCUT2D eigenvalue weighted by molar-refractivity contribution is 7.84. The predicted octanol–water partition coefficient (Wildman–Crippen LogP) is 3.46. The van der Waals surface area contributed by atoms with Crippen LogP contribution in [0.2, 0.25) is 0 Å².